The molecule has 4 rings (SSSR count). The lowest BCUT2D eigenvalue weighted by molar-refractivity contribution is 0.112. The van der Waals surface area contributed by atoms with Gasteiger partial charge in [0.2, 0.25) is 11.8 Å². The van der Waals surface area contributed by atoms with Gasteiger partial charge in [-0.3, -0.25) is 9.48 Å². The lowest BCUT2D eigenvalue weighted by Crippen LogP contribution is -2.39. The SMILES string of the molecule is Cc1cccc(C)c1-c1cc(OC[C@@H](CC(C)(C)C)N(C)c2cnn(C(C)C)c2)nc(NS(=O)(=O)c2cccc(C=O)c2)n1. The summed E-state index contributed by atoms with van der Waals surface area (Å²) in [6, 6.07) is 13.6. The Morgan fingerprint density at radius 1 is 1.05 bits per heavy atom. The van der Waals surface area contributed by atoms with Crippen molar-refractivity contribution in [2.75, 3.05) is 23.3 Å². The Morgan fingerprint density at radius 2 is 1.73 bits per heavy atom. The number of aromatic nitrogens is 4. The second-order valence-corrected chi connectivity index (χ2v) is 14.3. The molecule has 0 spiro atoms. The van der Waals surface area contributed by atoms with Gasteiger partial charge in [-0.25, -0.2) is 18.1 Å². The van der Waals surface area contributed by atoms with Gasteiger partial charge in [0, 0.05) is 36.5 Å². The van der Waals surface area contributed by atoms with Gasteiger partial charge in [-0.1, -0.05) is 51.1 Å². The van der Waals surface area contributed by atoms with Crippen LogP contribution in [0.25, 0.3) is 11.3 Å². The summed E-state index contributed by atoms with van der Waals surface area (Å²) in [4.78, 5) is 22.4. The van der Waals surface area contributed by atoms with Crippen molar-refractivity contribution >= 4 is 27.9 Å². The third-order valence-corrected chi connectivity index (χ3v) is 8.64. The Labute approximate surface area is 260 Å². The average Bonchev–Trinajstić information content (AvgIpc) is 3.45. The largest absolute Gasteiger partial charge is 0.475 e. The molecule has 0 amide bonds. The molecular weight excluding hydrogens is 576 g/mol. The minimum absolute atomic E-state index is 0.00225. The number of carbonyl (C=O) groups excluding carboxylic acids is 1. The first kappa shape index (κ1) is 32.7. The van der Waals surface area contributed by atoms with E-state index in [0.717, 1.165) is 28.8 Å². The number of aldehydes is 1. The summed E-state index contributed by atoms with van der Waals surface area (Å²) in [5.74, 6) is 0.109. The number of anilines is 2. The monoisotopic (exact) mass is 618 g/mol. The lowest BCUT2D eigenvalue weighted by Gasteiger charge is -2.33. The molecule has 0 aliphatic carbocycles. The number of carbonyl (C=O) groups is 1. The fourth-order valence-electron chi connectivity index (χ4n) is 5.02. The van der Waals surface area contributed by atoms with Gasteiger partial charge in [0.05, 0.1) is 28.5 Å². The van der Waals surface area contributed by atoms with Crippen molar-refractivity contribution in [3.63, 3.8) is 0 Å². The highest BCUT2D eigenvalue weighted by Crippen LogP contribution is 2.31. The van der Waals surface area contributed by atoms with Gasteiger partial charge in [0.1, 0.15) is 12.9 Å². The van der Waals surface area contributed by atoms with Gasteiger partial charge in [-0.15, -0.1) is 0 Å². The topological polar surface area (TPSA) is 119 Å². The van der Waals surface area contributed by atoms with E-state index in [2.05, 4.69) is 59.3 Å². The van der Waals surface area contributed by atoms with Crippen molar-refractivity contribution < 1.29 is 17.9 Å². The summed E-state index contributed by atoms with van der Waals surface area (Å²) < 4.78 is 37.4. The molecular formula is C33H42N6O4S. The normalized spacial score (nSPS) is 12.7. The van der Waals surface area contributed by atoms with Crippen molar-refractivity contribution in [2.24, 2.45) is 5.41 Å². The second kappa shape index (κ2) is 13.2. The Bertz CT molecular complexity index is 1710. The minimum atomic E-state index is -4.10. The van der Waals surface area contributed by atoms with E-state index in [9.17, 15) is 13.2 Å². The zero-order chi connectivity index (χ0) is 32.2. The maximum Gasteiger partial charge on any atom is 0.264 e. The highest BCUT2D eigenvalue weighted by molar-refractivity contribution is 7.92. The average molecular weight is 619 g/mol. The van der Waals surface area contributed by atoms with E-state index in [1.165, 1.54) is 24.3 Å². The van der Waals surface area contributed by atoms with Crippen molar-refractivity contribution in [3.05, 3.63) is 77.6 Å². The maximum atomic E-state index is 13.3. The van der Waals surface area contributed by atoms with Gasteiger partial charge in [-0.2, -0.15) is 10.1 Å². The number of aryl methyl sites for hydroxylation is 2. The van der Waals surface area contributed by atoms with Crippen LogP contribution in [-0.4, -0.2) is 54.1 Å². The summed E-state index contributed by atoms with van der Waals surface area (Å²) in [6.07, 6.45) is 5.29. The van der Waals surface area contributed by atoms with Gasteiger partial charge in [-0.05, 0) is 62.8 Å². The standard InChI is InChI=1S/C33H42N6O4S/c1-22(2)39-19-27(18-34-39)38(8)26(17-33(5,6)7)21-43-30-16-29(31-23(3)11-9-12-24(31)4)35-32(36-30)37-44(41,42)28-14-10-13-25(15-28)20-40/h9-16,18-20,22,26H,17,21H2,1-8H3,(H,35,36,37)/t26-/m1/s1. The van der Waals surface area contributed by atoms with Crippen LogP contribution >= 0.6 is 0 Å². The van der Waals surface area contributed by atoms with Crippen LogP contribution in [-0.2, 0) is 10.0 Å². The Morgan fingerprint density at radius 3 is 2.34 bits per heavy atom. The number of ether oxygens (including phenoxy) is 1. The zero-order valence-corrected chi connectivity index (χ0v) is 27.5. The highest BCUT2D eigenvalue weighted by atomic mass is 32.2. The third-order valence-electron chi connectivity index (χ3n) is 7.31. The predicted molar refractivity (Wildman–Crippen MR) is 174 cm³/mol. The van der Waals surface area contributed by atoms with Crippen LogP contribution in [0.5, 0.6) is 5.88 Å². The number of benzene rings is 2. The molecule has 0 saturated carbocycles. The quantitative estimate of drug-likeness (QED) is 0.179. The molecule has 0 unspecified atom stereocenters. The number of sulfonamides is 1. The van der Waals surface area contributed by atoms with E-state index in [0.29, 0.717) is 12.0 Å². The summed E-state index contributed by atoms with van der Waals surface area (Å²) in [5, 5.41) is 4.51. The summed E-state index contributed by atoms with van der Waals surface area (Å²) in [6.45, 7) is 15.0. The first-order valence-corrected chi connectivity index (χ1v) is 16.1. The number of hydrogen-bond acceptors (Lipinski definition) is 8. The second-order valence-electron chi connectivity index (χ2n) is 12.6. The molecule has 0 saturated heterocycles. The van der Waals surface area contributed by atoms with Crippen molar-refractivity contribution in [2.45, 2.75) is 71.9 Å². The van der Waals surface area contributed by atoms with Gasteiger partial charge in [0.25, 0.3) is 10.0 Å². The molecule has 1 atom stereocenters. The van der Waals surface area contributed by atoms with Gasteiger partial charge in [0.15, 0.2) is 0 Å². The predicted octanol–water partition coefficient (Wildman–Crippen LogP) is 6.47. The van der Waals surface area contributed by atoms with Crippen LogP contribution in [0.4, 0.5) is 11.6 Å². The number of nitrogens with zero attached hydrogens (tertiary/aromatic N) is 5. The molecule has 10 nitrogen and oxygen atoms in total. The highest BCUT2D eigenvalue weighted by Gasteiger charge is 2.26. The summed E-state index contributed by atoms with van der Waals surface area (Å²) in [7, 11) is -2.07. The molecule has 44 heavy (non-hydrogen) atoms. The van der Waals surface area contributed by atoms with Crippen LogP contribution in [0.15, 0.2) is 65.8 Å². The lowest BCUT2D eigenvalue weighted by atomic mass is 9.88. The molecule has 2 aromatic carbocycles. The van der Waals surface area contributed by atoms with Crippen molar-refractivity contribution in [3.8, 4) is 17.1 Å². The van der Waals surface area contributed by atoms with Gasteiger partial charge >= 0.3 is 0 Å². The zero-order valence-electron chi connectivity index (χ0n) is 26.7. The Hall–Kier alpha value is -4.25. The number of hydrogen-bond donors (Lipinski definition) is 1. The van der Waals surface area contributed by atoms with Crippen molar-refractivity contribution in [1.82, 2.24) is 19.7 Å². The van der Waals surface area contributed by atoms with E-state index < -0.39 is 10.0 Å². The number of rotatable bonds is 12. The van der Waals surface area contributed by atoms with Crippen molar-refractivity contribution in [1.29, 1.82) is 0 Å². The van der Waals surface area contributed by atoms with E-state index >= 15 is 0 Å². The molecule has 0 fully saturated rings. The molecule has 1 N–H and O–H groups in total. The van der Waals surface area contributed by atoms with E-state index in [1.54, 1.807) is 6.07 Å². The van der Waals surface area contributed by atoms with E-state index in [1.807, 2.05) is 56.2 Å². The number of nitrogens with one attached hydrogen (secondary N) is 1. The molecule has 2 heterocycles. The first-order chi connectivity index (χ1) is 20.7. The fraction of sp³-hybridized carbons (Fsp3) is 0.394. The van der Waals surface area contributed by atoms with Crippen LogP contribution in [0.1, 0.15) is 68.6 Å². The molecule has 11 heteroatoms. The molecule has 0 radical (unpaired) electrons. The number of likely N-dealkylation sites (N-methyl/N-ethyl adjacent to an activating group) is 1. The Kier molecular flexibility index (Phi) is 9.78. The molecule has 2 aromatic heterocycles. The summed E-state index contributed by atoms with van der Waals surface area (Å²) in [5.41, 5.74) is 4.58. The van der Waals surface area contributed by atoms with Crippen LogP contribution in [0.2, 0.25) is 0 Å². The molecule has 4 aromatic rings. The Balaban J connectivity index is 1.71. The smallest absolute Gasteiger partial charge is 0.264 e. The molecule has 0 bridgehead atoms. The van der Waals surface area contributed by atoms with E-state index in [-0.39, 0.29) is 46.4 Å². The minimum Gasteiger partial charge on any atom is -0.475 e. The first-order valence-electron chi connectivity index (χ1n) is 14.6. The van der Waals surface area contributed by atoms with Crippen LogP contribution in [0.3, 0.4) is 0 Å². The van der Waals surface area contributed by atoms with Gasteiger partial charge < -0.3 is 9.64 Å². The molecule has 0 aliphatic rings. The molecule has 0 aliphatic heterocycles. The molecule has 234 valence electrons. The summed E-state index contributed by atoms with van der Waals surface area (Å²) >= 11 is 0. The van der Waals surface area contributed by atoms with E-state index in [4.69, 9.17) is 4.74 Å². The third kappa shape index (κ3) is 8.02. The fourth-order valence-corrected chi connectivity index (χ4v) is 6.02. The van der Waals surface area contributed by atoms with Crippen LogP contribution < -0.4 is 14.4 Å². The maximum absolute atomic E-state index is 13.3. The van der Waals surface area contributed by atoms with Crippen LogP contribution in [0, 0.1) is 19.3 Å².